The van der Waals surface area contributed by atoms with Gasteiger partial charge in [-0.2, -0.15) is 0 Å². The van der Waals surface area contributed by atoms with Gasteiger partial charge in [0.25, 0.3) is 0 Å². The average molecular weight is 312 g/mol. The highest BCUT2D eigenvalue weighted by Crippen LogP contribution is 2.43. The monoisotopic (exact) mass is 312 g/mol. The molecule has 1 aromatic rings. The standard InChI is InChI=1S/C17H16N2O4/c20-12-5-2-9(3-6-12)1-4-10-7-11-8-18-13-14(11)19(16(13)21)15(10)17(22)23/h1-6,11,13-14,18,20H,7-8H2,(H,22,23)/b4-1+/t11?,13?,14-/m1/s1. The number of allylic oxidation sites excluding steroid dienone is 2. The fraction of sp³-hybridized carbons (Fsp3) is 0.294. The second kappa shape index (κ2) is 4.96. The van der Waals surface area contributed by atoms with E-state index in [0.717, 1.165) is 12.1 Å². The number of nitrogens with zero attached hydrogens (tertiary/aromatic N) is 1. The van der Waals surface area contributed by atoms with Crippen molar-refractivity contribution < 1.29 is 19.8 Å². The van der Waals surface area contributed by atoms with Crippen molar-refractivity contribution in [3.63, 3.8) is 0 Å². The van der Waals surface area contributed by atoms with Crippen LogP contribution in [0.15, 0.2) is 41.6 Å². The molecule has 4 rings (SSSR count). The van der Waals surface area contributed by atoms with Crippen LogP contribution in [0.3, 0.4) is 0 Å². The lowest BCUT2D eigenvalue weighted by Gasteiger charge is -2.48. The summed E-state index contributed by atoms with van der Waals surface area (Å²) in [6.45, 7) is 0.737. The van der Waals surface area contributed by atoms with Gasteiger partial charge in [0.1, 0.15) is 17.5 Å². The Labute approximate surface area is 132 Å². The molecule has 0 aromatic heterocycles. The maximum absolute atomic E-state index is 12.1. The molecule has 0 radical (unpaired) electrons. The molecule has 0 spiro atoms. The highest BCUT2D eigenvalue weighted by atomic mass is 16.4. The van der Waals surface area contributed by atoms with E-state index >= 15 is 0 Å². The summed E-state index contributed by atoms with van der Waals surface area (Å²) in [5.74, 6) is -0.764. The third kappa shape index (κ3) is 2.06. The third-order valence-electron chi connectivity index (χ3n) is 4.83. The summed E-state index contributed by atoms with van der Waals surface area (Å²) in [5.41, 5.74) is 1.63. The van der Waals surface area contributed by atoms with Crippen LogP contribution >= 0.6 is 0 Å². The molecule has 3 atom stereocenters. The molecule has 3 heterocycles. The van der Waals surface area contributed by atoms with Crippen LogP contribution in [0.5, 0.6) is 5.75 Å². The molecule has 0 bridgehead atoms. The van der Waals surface area contributed by atoms with Crippen LogP contribution in [0.2, 0.25) is 0 Å². The maximum atomic E-state index is 12.1. The summed E-state index contributed by atoms with van der Waals surface area (Å²) < 4.78 is 0. The number of aliphatic carboxylic acids is 1. The summed E-state index contributed by atoms with van der Waals surface area (Å²) in [7, 11) is 0. The second-order valence-corrected chi connectivity index (χ2v) is 6.15. The zero-order valence-corrected chi connectivity index (χ0v) is 12.3. The highest BCUT2D eigenvalue weighted by molar-refractivity contribution is 6.01. The summed E-state index contributed by atoms with van der Waals surface area (Å²) in [4.78, 5) is 25.2. The normalized spacial score (nSPS) is 29.0. The van der Waals surface area contributed by atoms with Crippen LogP contribution in [-0.2, 0) is 9.59 Å². The quantitative estimate of drug-likeness (QED) is 0.723. The van der Waals surface area contributed by atoms with Gasteiger partial charge in [-0.25, -0.2) is 4.79 Å². The van der Waals surface area contributed by atoms with Crippen molar-refractivity contribution in [1.29, 1.82) is 0 Å². The number of carboxylic acid groups (broad SMARTS) is 1. The summed E-state index contributed by atoms with van der Waals surface area (Å²) >= 11 is 0. The van der Waals surface area contributed by atoms with Crippen LogP contribution in [0.25, 0.3) is 6.08 Å². The number of nitrogens with one attached hydrogen (secondary N) is 1. The zero-order valence-electron chi connectivity index (χ0n) is 12.3. The Balaban J connectivity index is 1.69. The lowest BCUT2D eigenvalue weighted by Crippen LogP contribution is -2.68. The van der Waals surface area contributed by atoms with Crippen molar-refractivity contribution in [1.82, 2.24) is 10.2 Å². The van der Waals surface area contributed by atoms with Crippen molar-refractivity contribution in [3.05, 3.63) is 47.2 Å². The smallest absolute Gasteiger partial charge is 0.352 e. The molecule has 2 saturated heterocycles. The molecule has 0 saturated carbocycles. The van der Waals surface area contributed by atoms with E-state index in [2.05, 4.69) is 5.32 Å². The Bertz CT molecular complexity index is 750. The Morgan fingerprint density at radius 1 is 1.26 bits per heavy atom. The second-order valence-electron chi connectivity index (χ2n) is 6.15. The number of amides is 1. The maximum Gasteiger partial charge on any atom is 0.352 e. The number of β-lactam (4-membered cyclic amide) rings is 1. The van der Waals surface area contributed by atoms with E-state index in [-0.39, 0.29) is 35.4 Å². The zero-order chi connectivity index (χ0) is 16.1. The first-order valence-electron chi connectivity index (χ1n) is 7.56. The first-order chi connectivity index (χ1) is 11.1. The average Bonchev–Trinajstić information content (AvgIpc) is 2.93. The molecule has 3 aliphatic rings. The first-order valence-corrected chi connectivity index (χ1v) is 7.56. The fourth-order valence-electron chi connectivity index (χ4n) is 3.76. The van der Waals surface area contributed by atoms with Gasteiger partial charge in [0.05, 0.1) is 6.04 Å². The lowest BCUT2D eigenvalue weighted by atomic mass is 9.79. The van der Waals surface area contributed by atoms with E-state index in [1.165, 1.54) is 4.90 Å². The van der Waals surface area contributed by atoms with E-state index in [4.69, 9.17) is 0 Å². The Morgan fingerprint density at radius 2 is 2.00 bits per heavy atom. The predicted octanol–water partition coefficient (Wildman–Crippen LogP) is 0.947. The molecule has 1 aromatic carbocycles. The van der Waals surface area contributed by atoms with E-state index in [0.29, 0.717) is 12.0 Å². The van der Waals surface area contributed by atoms with Gasteiger partial charge in [-0.15, -0.1) is 0 Å². The molecule has 3 aliphatic heterocycles. The molecule has 0 aliphatic carbocycles. The van der Waals surface area contributed by atoms with E-state index in [9.17, 15) is 19.8 Å². The Kier molecular flexibility index (Phi) is 3.02. The van der Waals surface area contributed by atoms with Crippen molar-refractivity contribution in [2.45, 2.75) is 18.5 Å². The number of hydrogen-bond donors (Lipinski definition) is 3. The van der Waals surface area contributed by atoms with Crippen LogP contribution in [0.4, 0.5) is 0 Å². The predicted molar refractivity (Wildman–Crippen MR) is 82.3 cm³/mol. The molecule has 6 heteroatoms. The number of hydrogen-bond acceptors (Lipinski definition) is 4. The molecule has 23 heavy (non-hydrogen) atoms. The molecule has 2 fully saturated rings. The van der Waals surface area contributed by atoms with Gasteiger partial charge in [0.15, 0.2) is 0 Å². The lowest BCUT2D eigenvalue weighted by molar-refractivity contribution is -0.153. The van der Waals surface area contributed by atoms with Crippen LogP contribution in [0.1, 0.15) is 12.0 Å². The fourth-order valence-corrected chi connectivity index (χ4v) is 3.76. The Hall–Kier alpha value is -2.60. The SMILES string of the molecule is O=C(O)C1=C(/C=C/c2ccc(O)cc2)CC2CNC3C(=O)N1[C@H]23. The van der Waals surface area contributed by atoms with Crippen molar-refractivity contribution >= 4 is 18.0 Å². The van der Waals surface area contributed by atoms with Gasteiger partial charge in [0, 0.05) is 6.54 Å². The van der Waals surface area contributed by atoms with Crippen LogP contribution in [-0.4, -0.2) is 45.6 Å². The number of carboxylic acids is 1. The first kappa shape index (κ1) is 14.0. The third-order valence-corrected chi connectivity index (χ3v) is 4.83. The summed E-state index contributed by atoms with van der Waals surface area (Å²) in [5, 5.41) is 22.0. The summed E-state index contributed by atoms with van der Waals surface area (Å²) in [6.07, 6.45) is 4.22. The topological polar surface area (TPSA) is 89.9 Å². The van der Waals surface area contributed by atoms with Gasteiger partial charge in [0.2, 0.25) is 5.91 Å². The number of phenols is 1. The van der Waals surface area contributed by atoms with E-state index in [1.54, 1.807) is 30.3 Å². The van der Waals surface area contributed by atoms with Crippen molar-refractivity contribution in [2.75, 3.05) is 6.54 Å². The largest absolute Gasteiger partial charge is 0.508 e. The highest BCUT2D eigenvalue weighted by Gasteiger charge is 2.59. The number of aromatic hydroxyl groups is 1. The Morgan fingerprint density at radius 3 is 2.70 bits per heavy atom. The van der Waals surface area contributed by atoms with E-state index in [1.807, 2.05) is 6.08 Å². The minimum atomic E-state index is -1.06. The molecular weight excluding hydrogens is 296 g/mol. The van der Waals surface area contributed by atoms with Gasteiger partial charge in [-0.3, -0.25) is 9.69 Å². The molecule has 2 unspecified atom stereocenters. The molecular formula is C17H16N2O4. The molecule has 3 N–H and O–H groups in total. The van der Waals surface area contributed by atoms with Crippen LogP contribution in [0, 0.1) is 5.92 Å². The number of carbonyl (C=O) groups excluding carboxylic acids is 1. The van der Waals surface area contributed by atoms with Gasteiger partial charge in [-0.1, -0.05) is 24.3 Å². The number of rotatable bonds is 3. The molecule has 6 nitrogen and oxygen atoms in total. The molecule has 1 amide bonds. The molecule has 118 valence electrons. The number of carbonyl (C=O) groups is 2. The number of benzene rings is 1. The summed E-state index contributed by atoms with van der Waals surface area (Å²) in [6, 6.07) is 6.43. The van der Waals surface area contributed by atoms with Crippen molar-refractivity contribution in [2.24, 2.45) is 5.92 Å². The minimum Gasteiger partial charge on any atom is -0.508 e. The van der Waals surface area contributed by atoms with Crippen molar-refractivity contribution in [3.8, 4) is 5.75 Å². The van der Waals surface area contributed by atoms with Gasteiger partial charge < -0.3 is 15.5 Å². The van der Waals surface area contributed by atoms with Crippen LogP contribution < -0.4 is 5.32 Å². The minimum absolute atomic E-state index is 0.0144. The van der Waals surface area contributed by atoms with E-state index < -0.39 is 5.97 Å². The van der Waals surface area contributed by atoms with Gasteiger partial charge >= 0.3 is 5.97 Å². The number of phenolic OH excluding ortho intramolecular Hbond substituents is 1. The van der Waals surface area contributed by atoms with Gasteiger partial charge in [-0.05, 0) is 35.6 Å².